The quantitative estimate of drug-likeness (QED) is 0.400. The van der Waals surface area contributed by atoms with Crippen molar-refractivity contribution in [3.8, 4) is 5.75 Å². The summed E-state index contributed by atoms with van der Waals surface area (Å²) in [6, 6.07) is 21.4. The van der Waals surface area contributed by atoms with Crippen molar-refractivity contribution in [1.29, 1.82) is 0 Å². The van der Waals surface area contributed by atoms with Gasteiger partial charge in [0.05, 0.1) is 31.3 Å². The summed E-state index contributed by atoms with van der Waals surface area (Å²) < 4.78 is 31.3. The molecular formula is C25H27N3O4S. The Morgan fingerprint density at radius 3 is 2.15 bits per heavy atom. The van der Waals surface area contributed by atoms with Crippen LogP contribution in [0.25, 0.3) is 0 Å². The number of hydrogen-bond donors (Lipinski definition) is 1. The summed E-state index contributed by atoms with van der Waals surface area (Å²) in [7, 11) is -1.92. The Bertz CT molecular complexity index is 1250. The minimum Gasteiger partial charge on any atom is -0.497 e. The molecule has 0 aliphatic heterocycles. The first-order valence-corrected chi connectivity index (χ1v) is 12.1. The minimum atomic E-state index is -3.52. The van der Waals surface area contributed by atoms with Gasteiger partial charge in [-0.05, 0) is 79.1 Å². The number of nitrogens with one attached hydrogen (secondary N) is 1. The predicted octanol–water partition coefficient (Wildman–Crippen LogP) is 4.12. The molecule has 0 saturated heterocycles. The molecule has 0 radical (unpaired) electrons. The highest BCUT2D eigenvalue weighted by atomic mass is 32.2. The van der Waals surface area contributed by atoms with E-state index < -0.39 is 10.0 Å². The zero-order valence-corrected chi connectivity index (χ0v) is 19.9. The smallest absolute Gasteiger partial charge is 0.271 e. The van der Waals surface area contributed by atoms with Gasteiger partial charge in [-0.2, -0.15) is 5.10 Å². The molecule has 0 aromatic heterocycles. The van der Waals surface area contributed by atoms with Gasteiger partial charge in [0.15, 0.2) is 0 Å². The fraction of sp³-hybridized carbons (Fsp3) is 0.200. The first kappa shape index (κ1) is 24.0. The molecule has 172 valence electrons. The average molecular weight is 466 g/mol. The number of amides is 1. The number of rotatable bonds is 8. The van der Waals surface area contributed by atoms with Gasteiger partial charge in [0.1, 0.15) is 5.75 Å². The minimum absolute atomic E-state index is 0.211. The van der Waals surface area contributed by atoms with Gasteiger partial charge in [0.25, 0.3) is 5.91 Å². The molecule has 7 nitrogen and oxygen atoms in total. The summed E-state index contributed by atoms with van der Waals surface area (Å²) >= 11 is 0. The van der Waals surface area contributed by atoms with E-state index in [0.29, 0.717) is 17.0 Å². The lowest BCUT2D eigenvalue weighted by Crippen LogP contribution is -2.29. The summed E-state index contributed by atoms with van der Waals surface area (Å²) in [6.07, 6.45) is 1.17. The molecule has 1 amide bonds. The molecule has 33 heavy (non-hydrogen) atoms. The summed E-state index contributed by atoms with van der Waals surface area (Å²) in [5, 5.41) is 4.16. The van der Waals surface area contributed by atoms with Crippen LogP contribution in [0.3, 0.4) is 0 Å². The van der Waals surface area contributed by atoms with Gasteiger partial charge in [0, 0.05) is 5.56 Å². The van der Waals surface area contributed by atoms with E-state index in [1.807, 2.05) is 55.5 Å². The van der Waals surface area contributed by atoms with Crippen molar-refractivity contribution in [2.24, 2.45) is 5.10 Å². The number of ether oxygens (including phenoxy) is 1. The van der Waals surface area contributed by atoms with Gasteiger partial charge in [-0.1, -0.05) is 24.3 Å². The van der Waals surface area contributed by atoms with Crippen molar-refractivity contribution in [2.75, 3.05) is 17.7 Å². The monoisotopic (exact) mass is 465 g/mol. The number of benzene rings is 3. The number of methoxy groups -OCH3 is 1. The van der Waals surface area contributed by atoms with Crippen LogP contribution in [0.15, 0.2) is 77.9 Å². The lowest BCUT2D eigenvalue weighted by Gasteiger charge is -2.23. The number of carbonyl (C=O) groups is 1. The zero-order valence-electron chi connectivity index (χ0n) is 19.1. The van der Waals surface area contributed by atoms with E-state index >= 15 is 0 Å². The highest BCUT2D eigenvalue weighted by Gasteiger charge is 2.19. The van der Waals surface area contributed by atoms with Gasteiger partial charge in [-0.3, -0.25) is 9.10 Å². The van der Waals surface area contributed by atoms with Crippen LogP contribution >= 0.6 is 0 Å². The Morgan fingerprint density at radius 1 is 0.970 bits per heavy atom. The number of hydrogen-bond acceptors (Lipinski definition) is 5. The van der Waals surface area contributed by atoms with Crippen LogP contribution in [0.5, 0.6) is 5.75 Å². The average Bonchev–Trinajstić information content (AvgIpc) is 2.81. The van der Waals surface area contributed by atoms with Crippen LogP contribution in [0.2, 0.25) is 0 Å². The summed E-state index contributed by atoms with van der Waals surface area (Å²) in [5.41, 5.74) is 6.80. The Labute approximate surface area is 194 Å². The molecule has 1 N–H and O–H groups in total. The van der Waals surface area contributed by atoms with Gasteiger partial charge in [-0.25, -0.2) is 13.8 Å². The van der Waals surface area contributed by atoms with Crippen molar-refractivity contribution >= 4 is 27.3 Å². The first-order valence-electron chi connectivity index (χ1n) is 10.3. The van der Waals surface area contributed by atoms with Crippen molar-refractivity contribution in [3.05, 3.63) is 95.1 Å². The lowest BCUT2D eigenvalue weighted by molar-refractivity contribution is 0.0955. The zero-order chi connectivity index (χ0) is 24.0. The van der Waals surface area contributed by atoms with Crippen LogP contribution in [0.1, 0.15) is 34.0 Å². The number of sulfonamides is 1. The maximum atomic E-state index is 12.5. The van der Waals surface area contributed by atoms with Crippen LogP contribution in [0.4, 0.5) is 5.69 Å². The predicted molar refractivity (Wildman–Crippen MR) is 131 cm³/mol. The van der Waals surface area contributed by atoms with Crippen molar-refractivity contribution in [3.63, 3.8) is 0 Å². The van der Waals surface area contributed by atoms with E-state index in [1.54, 1.807) is 38.3 Å². The molecule has 0 unspecified atom stereocenters. The van der Waals surface area contributed by atoms with E-state index in [0.717, 1.165) is 22.4 Å². The molecule has 0 aliphatic carbocycles. The highest BCUT2D eigenvalue weighted by Crippen LogP contribution is 2.22. The second-order valence-electron chi connectivity index (χ2n) is 7.61. The molecule has 0 bridgehead atoms. The van der Waals surface area contributed by atoms with Crippen LogP contribution in [0, 0.1) is 6.92 Å². The van der Waals surface area contributed by atoms with Crippen molar-refractivity contribution < 1.29 is 17.9 Å². The van der Waals surface area contributed by atoms with Crippen molar-refractivity contribution in [2.45, 2.75) is 20.4 Å². The Morgan fingerprint density at radius 2 is 1.58 bits per heavy atom. The number of hydrazone groups is 1. The molecule has 3 aromatic rings. The number of carbonyl (C=O) groups excluding carboxylic acids is 1. The second-order valence-corrected chi connectivity index (χ2v) is 9.52. The summed E-state index contributed by atoms with van der Waals surface area (Å²) in [5.74, 6) is 0.348. The number of aryl methyl sites for hydroxylation is 1. The van der Waals surface area contributed by atoms with Crippen LogP contribution in [-0.2, 0) is 16.6 Å². The molecular weight excluding hydrogens is 438 g/mol. The maximum Gasteiger partial charge on any atom is 0.271 e. The first-order chi connectivity index (χ1) is 15.7. The third-order valence-corrected chi connectivity index (χ3v) is 6.37. The van der Waals surface area contributed by atoms with Gasteiger partial charge >= 0.3 is 0 Å². The fourth-order valence-electron chi connectivity index (χ4n) is 3.22. The van der Waals surface area contributed by atoms with E-state index in [2.05, 4.69) is 10.5 Å². The summed E-state index contributed by atoms with van der Waals surface area (Å²) in [6.45, 7) is 3.95. The fourth-order valence-corrected chi connectivity index (χ4v) is 4.10. The Hall–Kier alpha value is -3.65. The molecule has 0 heterocycles. The maximum absolute atomic E-state index is 12.5. The number of anilines is 1. The standard InChI is InChI=1S/C25H27N3O4S/c1-18-7-5-6-8-22(18)17-28(33(4,30)31)23-13-9-21(10-14-23)25(29)27-26-19(2)20-11-15-24(32-3)16-12-20/h5-16H,17H2,1-4H3,(H,27,29)/b26-19-. The summed E-state index contributed by atoms with van der Waals surface area (Å²) in [4.78, 5) is 12.5. The largest absolute Gasteiger partial charge is 0.497 e. The normalized spacial score (nSPS) is 11.7. The van der Waals surface area contributed by atoms with Crippen LogP contribution in [-0.4, -0.2) is 33.4 Å². The van der Waals surface area contributed by atoms with E-state index in [9.17, 15) is 13.2 Å². The molecule has 0 fully saturated rings. The molecule has 3 aromatic carbocycles. The third-order valence-electron chi connectivity index (χ3n) is 5.23. The molecule has 0 aliphatic rings. The topological polar surface area (TPSA) is 88.1 Å². The highest BCUT2D eigenvalue weighted by molar-refractivity contribution is 7.92. The number of nitrogens with zero attached hydrogens (tertiary/aromatic N) is 2. The van der Waals surface area contributed by atoms with E-state index in [1.165, 1.54) is 10.6 Å². The molecule has 0 spiro atoms. The third kappa shape index (κ3) is 6.20. The van der Waals surface area contributed by atoms with Gasteiger partial charge in [-0.15, -0.1) is 0 Å². The Balaban J connectivity index is 1.74. The molecule has 3 rings (SSSR count). The molecule has 0 atom stereocenters. The Kier molecular flexibility index (Phi) is 7.50. The lowest BCUT2D eigenvalue weighted by atomic mass is 10.1. The van der Waals surface area contributed by atoms with Crippen LogP contribution < -0.4 is 14.5 Å². The van der Waals surface area contributed by atoms with Crippen molar-refractivity contribution in [1.82, 2.24) is 5.43 Å². The second kappa shape index (κ2) is 10.3. The van der Waals surface area contributed by atoms with E-state index in [-0.39, 0.29) is 12.5 Å². The van der Waals surface area contributed by atoms with Gasteiger partial charge < -0.3 is 4.74 Å². The molecule has 0 saturated carbocycles. The molecule has 8 heteroatoms. The van der Waals surface area contributed by atoms with E-state index in [4.69, 9.17) is 4.74 Å². The van der Waals surface area contributed by atoms with Gasteiger partial charge in [0.2, 0.25) is 10.0 Å². The SMILES string of the molecule is COc1ccc(/C(C)=N\NC(=O)c2ccc(N(Cc3ccccc3C)S(C)(=O)=O)cc2)cc1.